The van der Waals surface area contributed by atoms with Crippen molar-refractivity contribution >= 4 is 33.2 Å². The fourth-order valence-corrected chi connectivity index (χ4v) is 3.05. The molecule has 1 aliphatic carbocycles. The zero-order chi connectivity index (χ0) is 12.5. The van der Waals surface area contributed by atoms with E-state index >= 15 is 0 Å². The van der Waals surface area contributed by atoms with E-state index in [-0.39, 0.29) is 0 Å². The highest BCUT2D eigenvalue weighted by atomic mass is 79.9. The predicted molar refractivity (Wildman–Crippen MR) is 76.6 cm³/mol. The first kappa shape index (κ1) is 13.2. The van der Waals surface area contributed by atoms with Crippen molar-refractivity contribution in [2.45, 2.75) is 45.6 Å². The molecule has 17 heavy (non-hydrogen) atoms. The Morgan fingerprint density at radius 2 is 2.29 bits per heavy atom. The van der Waals surface area contributed by atoms with Crippen LogP contribution in [0.5, 0.6) is 0 Å². The van der Waals surface area contributed by atoms with Crippen molar-refractivity contribution < 1.29 is 0 Å². The van der Waals surface area contributed by atoms with E-state index < -0.39 is 0 Å². The Bertz CT molecular complexity index is 406. The van der Waals surface area contributed by atoms with E-state index in [2.05, 4.69) is 40.1 Å². The number of aromatic nitrogens is 1. The van der Waals surface area contributed by atoms with Crippen LogP contribution in [0.25, 0.3) is 0 Å². The molecule has 1 aromatic rings. The molecule has 0 aliphatic heterocycles. The van der Waals surface area contributed by atoms with Gasteiger partial charge in [-0.3, -0.25) is 0 Å². The molecule has 0 spiro atoms. The Kier molecular flexibility index (Phi) is 3.99. The lowest BCUT2D eigenvalue weighted by atomic mass is 9.75. The van der Waals surface area contributed by atoms with E-state index in [0.717, 1.165) is 10.2 Å². The largest absolute Gasteiger partial charge is 0.380 e. The van der Waals surface area contributed by atoms with Gasteiger partial charge in [-0.2, -0.15) is 0 Å². The van der Waals surface area contributed by atoms with Gasteiger partial charge in [0.25, 0.3) is 0 Å². The summed E-state index contributed by atoms with van der Waals surface area (Å²) in [5.41, 5.74) is 1.37. The van der Waals surface area contributed by atoms with Gasteiger partial charge in [-0.25, -0.2) is 4.98 Å². The molecule has 0 bridgehead atoms. The van der Waals surface area contributed by atoms with Crippen LogP contribution in [-0.4, -0.2) is 11.0 Å². The summed E-state index contributed by atoms with van der Waals surface area (Å²) >= 11 is 9.51. The summed E-state index contributed by atoms with van der Waals surface area (Å²) in [6.45, 7) is 4.67. The molecule has 94 valence electrons. The highest BCUT2D eigenvalue weighted by Gasteiger charge is 2.28. The van der Waals surface area contributed by atoms with Gasteiger partial charge in [0, 0.05) is 16.7 Å². The summed E-state index contributed by atoms with van der Waals surface area (Å²) < 4.78 is 0.958. The van der Waals surface area contributed by atoms with Crippen LogP contribution in [0.15, 0.2) is 16.7 Å². The van der Waals surface area contributed by atoms with Crippen LogP contribution in [0, 0.1) is 5.41 Å². The van der Waals surface area contributed by atoms with Crippen LogP contribution in [-0.2, 0) is 0 Å². The predicted octanol–water partition coefficient (Wildman–Crippen LogP) is 4.88. The van der Waals surface area contributed by atoms with Gasteiger partial charge in [0.05, 0.1) is 5.69 Å². The lowest BCUT2D eigenvalue weighted by Crippen LogP contribution is -2.31. The number of nitrogens with zero attached hydrogens (tertiary/aromatic N) is 1. The fraction of sp³-hybridized carbons (Fsp3) is 0.615. The summed E-state index contributed by atoms with van der Waals surface area (Å²) in [5.74, 6) is 0. The average Bonchev–Trinajstić information content (AvgIpc) is 2.22. The monoisotopic (exact) mass is 316 g/mol. The normalized spacial score (nSPS) is 23.4. The zero-order valence-corrected chi connectivity index (χ0v) is 12.6. The molecule has 0 aromatic carbocycles. The molecule has 2 nitrogen and oxygen atoms in total. The van der Waals surface area contributed by atoms with Crippen LogP contribution in [0.2, 0.25) is 5.15 Å². The van der Waals surface area contributed by atoms with Crippen molar-refractivity contribution in [2.24, 2.45) is 5.41 Å². The van der Waals surface area contributed by atoms with Crippen molar-refractivity contribution in [3.63, 3.8) is 0 Å². The molecule has 1 heterocycles. The van der Waals surface area contributed by atoms with Crippen LogP contribution >= 0.6 is 27.5 Å². The molecule has 1 atom stereocenters. The second-order valence-electron chi connectivity index (χ2n) is 5.59. The van der Waals surface area contributed by atoms with Gasteiger partial charge in [0.15, 0.2) is 5.15 Å². The smallest absolute Gasteiger partial charge is 0.152 e. The Balaban J connectivity index is 2.07. The van der Waals surface area contributed by atoms with Gasteiger partial charge in [-0.15, -0.1) is 0 Å². The number of hydrogen-bond donors (Lipinski definition) is 1. The molecular weight excluding hydrogens is 300 g/mol. The van der Waals surface area contributed by atoms with Crippen molar-refractivity contribution in [3.8, 4) is 0 Å². The standard InChI is InChI=1S/C13H18BrClN2/c1-13(2)5-3-4-10(7-13)17-11-6-9(14)8-16-12(11)15/h6,8,10,17H,3-5,7H2,1-2H3. The van der Waals surface area contributed by atoms with E-state index in [1.54, 1.807) is 6.20 Å². The average molecular weight is 318 g/mol. The van der Waals surface area contributed by atoms with E-state index in [4.69, 9.17) is 11.6 Å². The molecule has 0 amide bonds. The Labute approximate surface area is 116 Å². The number of anilines is 1. The van der Waals surface area contributed by atoms with Gasteiger partial charge >= 0.3 is 0 Å². The summed E-state index contributed by atoms with van der Waals surface area (Å²) in [7, 11) is 0. The van der Waals surface area contributed by atoms with Crippen LogP contribution < -0.4 is 5.32 Å². The molecule has 0 radical (unpaired) electrons. The SMILES string of the molecule is CC1(C)CCCC(Nc2cc(Br)cnc2Cl)C1. The quantitative estimate of drug-likeness (QED) is 0.786. The number of nitrogens with one attached hydrogen (secondary N) is 1. The minimum atomic E-state index is 0.432. The van der Waals surface area contributed by atoms with Crippen molar-refractivity contribution in [1.82, 2.24) is 4.98 Å². The van der Waals surface area contributed by atoms with Crippen molar-refractivity contribution in [2.75, 3.05) is 5.32 Å². The zero-order valence-electron chi connectivity index (χ0n) is 10.3. The summed E-state index contributed by atoms with van der Waals surface area (Å²) in [5, 5.41) is 4.07. The van der Waals surface area contributed by atoms with Crippen molar-refractivity contribution in [3.05, 3.63) is 21.9 Å². The van der Waals surface area contributed by atoms with Crippen LogP contribution in [0.1, 0.15) is 39.5 Å². The molecule has 1 aliphatic rings. The van der Waals surface area contributed by atoms with Crippen molar-refractivity contribution in [1.29, 1.82) is 0 Å². The Morgan fingerprint density at radius 3 is 3.00 bits per heavy atom. The molecule has 1 saturated carbocycles. The highest BCUT2D eigenvalue weighted by molar-refractivity contribution is 9.10. The maximum absolute atomic E-state index is 6.09. The van der Waals surface area contributed by atoms with E-state index in [1.165, 1.54) is 25.7 Å². The molecule has 4 heteroatoms. The first-order valence-electron chi connectivity index (χ1n) is 6.04. The Morgan fingerprint density at radius 1 is 1.53 bits per heavy atom. The van der Waals surface area contributed by atoms with Gasteiger partial charge in [-0.1, -0.05) is 31.9 Å². The summed E-state index contributed by atoms with van der Waals surface area (Å²) in [6.07, 6.45) is 6.72. The fourth-order valence-electron chi connectivity index (χ4n) is 2.57. The third kappa shape index (κ3) is 3.59. The van der Waals surface area contributed by atoms with Gasteiger partial charge < -0.3 is 5.32 Å². The lowest BCUT2D eigenvalue weighted by molar-refractivity contribution is 0.229. The lowest BCUT2D eigenvalue weighted by Gasteiger charge is -2.36. The molecule has 1 fully saturated rings. The second kappa shape index (κ2) is 5.15. The second-order valence-corrected chi connectivity index (χ2v) is 6.87. The maximum atomic E-state index is 6.09. The summed E-state index contributed by atoms with van der Waals surface area (Å²) in [4.78, 5) is 4.14. The minimum Gasteiger partial charge on any atom is -0.380 e. The molecule has 1 aromatic heterocycles. The van der Waals surface area contributed by atoms with Crippen LogP contribution in [0.3, 0.4) is 0 Å². The van der Waals surface area contributed by atoms with Crippen LogP contribution in [0.4, 0.5) is 5.69 Å². The number of halogens is 2. The van der Waals surface area contributed by atoms with E-state index in [1.807, 2.05) is 6.07 Å². The Hall–Kier alpha value is -0.280. The summed E-state index contributed by atoms with van der Waals surface area (Å²) in [6, 6.07) is 2.50. The van der Waals surface area contributed by atoms with Gasteiger partial charge in [0.1, 0.15) is 0 Å². The minimum absolute atomic E-state index is 0.432. The molecule has 0 saturated heterocycles. The van der Waals surface area contributed by atoms with Gasteiger partial charge in [0.2, 0.25) is 0 Å². The molecular formula is C13H18BrClN2. The van der Waals surface area contributed by atoms with E-state index in [0.29, 0.717) is 16.6 Å². The topological polar surface area (TPSA) is 24.9 Å². The molecule has 2 rings (SSSR count). The van der Waals surface area contributed by atoms with E-state index in [9.17, 15) is 0 Å². The van der Waals surface area contributed by atoms with Gasteiger partial charge in [-0.05, 0) is 46.7 Å². The first-order chi connectivity index (χ1) is 7.96. The number of hydrogen-bond acceptors (Lipinski definition) is 2. The number of rotatable bonds is 2. The third-order valence-electron chi connectivity index (χ3n) is 3.37. The maximum Gasteiger partial charge on any atom is 0.152 e. The third-order valence-corrected chi connectivity index (χ3v) is 4.11. The molecule has 1 unspecified atom stereocenters. The number of pyridine rings is 1. The molecule has 1 N–H and O–H groups in total. The first-order valence-corrected chi connectivity index (χ1v) is 7.21. The highest BCUT2D eigenvalue weighted by Crippen LogP contribution is 2.37.